The van der Waals surface area contributed by atoms with Crippen LogP contribution in [0.2, 0.25) is 0 Å². The quantitative estimate of drug-likeness (QED) is 0.881. The number of thiophene rings is 1. The zero-order valence-corrected chi connectivity index (χ0v) is 12.0. The number of hydrogen-bond donors (Lipinski definition) is 1. The van der Waals surface area contributed by atoms with Gasteiger partial charge in [-0.15, -0.1) is 11.3 Å². The molecule has 1 aliphatic rings. The molecule has 1 fully saturated rings. The molecule has 1 saturated carbocycles. The molecule has 0 radical (unpaired) electrons. The first-order valence-corrected chi connectivity index (χ1v) is 7.79. The highest BCUT2D eigenvalue weighted by Gasteiger charge is 2.26. The number of aliphatic hydroxyl groups is 1. The van der Waals surface area contributed by atoms with Crippen molar-refractivity contribution in [1.82, 2.24) is 9.97 Å². The highest BCUT2D eigenvalue weighted by atomic mass is 32.1. The lowest BCUT2D eigenvalue weighted by molar-refractivity contribution is 0.301. The van der Waals surface area contributed by atoms with E-state index in [1.165, 1.54) is 12.8 Å². The average molecular weight is 277 g/mol. The van der Waals surface area contributed by atoms with Crippen LogP contribution in [0.1, 0.15) is 25.6 Å². The van der Waals surface area contributed by atoms with Gasteiger partial charge in [-0.3, -0.25) is 0 Å². The molecule has 0 saturated heterocycles. The minimum Gasteiger partial charge on any atom is -0.395 e. The summed E-state index contributed by atoms with van der Waals surface area (Å²) in [6.45, 7) is 3.91. The summed E-state index contributed by atoms with van der Waals surface area (Å²) in [7, 11) is 0. The second-order valence-corrected chi connectivity index (χ2v) is 5.96. The molecule has 0 amide bonds. The predicted molar refractivity (Wildman–Crippen MR) is 78.8 cm³/mol. The number of aliphatic hydroxyl groups excluding tert-OH is 1. The Morgan fingerprint density at radius 1 is 1.42 bits per heavy atom. The minimum absolute atomic E-state index is 0.170. The van der Waals surface area contributed by atoms with Crippen LogP contribution < -0.4 is 4.90 Å². The first kappa shape index (κ1) is 12.8. The van der Waals surface area contributed by atoms with Crippen molar-refractivity contribution in [3.8, 4) is 0 Å². The van der Waals surface area contributed by atoms with Crippen LogP contribution in [0.4, 0.5) is 5.82 Å². The average Bonchev–Trinajstić information content (AvgIpc) is 3.11. The van der Waals surface area contributed by atoms with Gasteiger partial charge < -0.3 is 10.0 Å². The number of fused-ring (bicyclic) bond motifs is 1. The van der Waals surface area contributed by atoms with E-state index in [-0.39, 0.29) is 6.61 Å². The summed E-state index contributed by atoms with van der Waals surface area (Å²) in [5.74, 6) is 2.67. The molecule has 3 rings (SSSR count). The van der Waals surface area contributed by atoms with E-state index in [1.54, 1.807) is 11.3 Å². The van der Waals surface area contributed by atoms with Crippen LogP contribution in [-0.2, 0) is 6.42 Å². The molecule has 0 unspecified atom stereocenters. The molecule has 2 aromatic rings. The fraction of sp³-hybridized carbons (Fsp3) is 0.571. The van der Waals surface area contributed by atoms with Crippen molar-refractivity contribution in [2.75, 3.05) is 24.6 Å². The molecule has 19 heavy (non-hydrogen) atoms. The standard InChI is InChI=1S/C14H19N3OS/c1-2-12-15-13(11-5-8-19-14(11)16-12)17(6-7-18)9-10-3-4-10/h5,8,10,18H,2-4,6-7,9H2,1H3. The van der Waals surface area contributed by atoms with Crippen LogP contribution in [-0.4, -0.2) is 34.8 Å². The highest BCUT2D eigenvalue weighted by Crippen LogP contribution is 2.33. The number of aryl methyl sites for hydroxylation is 1. The van der Waals surface area contributed by atoms with Gasteiger partial charge in [0.15, 0.2) is 0 Å². The molecular formula is C14H19N3OS. The third kappa shape index (κ3) is 2.72. The highest BCUT2D eigenvalue weighted by molar-refractivity contribution is 7.16. The van der Waals surface area contributed by atoms with E-state index in [0.29, 0.717) is 6.54 Å². The van der Waals surface area contributed by atoms with E-state index in [4.69, 9.17) is 4.98 Å². The van der Waals surface area contributed by atoms with E-state index < -0.39 is 0 Å². The van der Waals surface area contributed by atoms with E-state index in [9.17, 15) is 5.11 Å². The molecule has 102 valence electrons. The zero-order valence-electron chi connectivity index (χ0n) is 11.2. The summed E-state index contributed by atoms with van der Waals surface area (Å²) in [5.41, 5.74) is 0. The monoisotopic (exact) mass is 277 g/mol. The molecule has 0 aromatic carbocycles. The number of aromatic nitrogens is 2. The van der Waals surface area contributed by atoms with E-state index in [2.05, 4.69) is 28.3 Å². The molecule has 0 spiro atoms. The smallest absolute Gasteiger partial charge is 0.141 e. The second-order valence-electron chi connectivity index (χ2n) is 5.07. The summed E-state index contributed by atoms with van der Waals surface area (Å²) < 4.78 is 0. The van der Waals surface area contributed by atoms with Crippen molar-refractivity contribution in [2.24, 2.45) is 5.92 Å². The van der Waals surface area contributed by atoms with Crippen LogP contribution >= 0.6 is 11.3 Å². The van der Waals surface area contributed by atoms with Crippen LogP contribution in [0.3, 0.4) is 0 Å². The van der Waals surface area contributed by atoms with Gasteiger partial charge in [-0.1, -0.05) is 6.92 Å². The molecule has 1 N–H and O–H groups in total. The molecule has 0 atom stereocenters. The summed E-state index contributed by atoms with van der Waals surface area (Å²) in [4.78, 5) is 12.6. The van der Waals surface area contributed by atoms with Gasteiger partial charge in [-0.25, -0.2) is 9.97 Å². The Hall–Kier alpha value is -1.20. The van der Waals surface area contributed by atoms with Crippen molar-refractivity contribution in [1.29, 1.82) is 0 Å². The second kappa shape index (κ2) is 5.43. The van der Waals surface area contributed by atoms with Gasteiger partial charge in [-0.05, 0) is 30.2 Å². The lowest BCUT2D eigenvalue weighted by Gasteiger charge is -2.23. The third-order valence-corrected chi connectivity index (χ3v) is 4.32. The van der Waals surface area contributed by atoms with Crippen LogP contribution in [0.5, 0.6) is 0 Å². The van der Waals surface area contributed by atoms with E-state index in [0.717, 1.165) is 40.7 Å². The van der Waals surface area contributed by atoms with Crippen molar-refractivity contribution in [2.45, 2.75) is 26.2 Å². The number of rotatable bonds is 6. The van der Waals surface area contributed by atoms with Gasteiger partial charge in [0.25, 0.3) is 0 Å². The van der Waals surface area contributed by atoms with Gasteiger partial charge in [0.1, 0.15) is 16.5 Å². The lowest BCUT2D eigenvalue weighted by atomic mass is 10.3. The van der Waals surface area contributed by atoms with Gasteiger partial charge in [0.05, 0.1) is 12.0 Å². The van der Waals surface area contributed by atoms with Gasteiger partial charge in [-0.2, -0.15) is 0 Å². The molecule has 1 aliphatic carbocycles. The van der Waals surface area contributed by atoms with Gasteiger partial charge in [0.2, 0.25) is 0 Å². The lowest BCUT2D eigenvalue weighted by Crippen LogP contribution is -2.30. The Kier molecular flexibility index (Phi) is 3.66. The zero-order chi connectivity index (χ0) is 13.2. The summed E-state index contributed by atoms with van der Waals surface area (Å²) in [6.07, 6.45) is 3.46. The number of hydrogen-bond acceptors (Lipinski definition) is 5. The molecule has 4 nitrogen and oxygen atoms in total. The molecule has 2 heterocycles. The summed E-state index contributed by atoms with van der Waals surface area (Å²) in [5, 5.41) is 12.5. The topological polar surface area (TPSA) is 49.2 Å². The Bertz CT molecular complexity index is 565. The summed E-state index contributed by atoms with van der Waals surface area (Å²) >= 11 is 1.66. The van der Waals surface area contributed by atoms with Crippen molar-refractivity contribution in [3.63, 3.8) is 0 Å². The third-order valence-electron chi connectivity index (χ3n) is 3.51. The van der Waals surface area contributed by atoms with Crippen molar-refractivity contribution in [3.05, 3.63) is 17.3 Å². The maximum atomic E-state index is 9.30. The van der Waals surface area contributed by atoms with E-state index >= 15 is 0 Å². The maximum absolute atomic E-state index is 9.30. The molecular weight excluding hydrogens is 258 g/mol. The van der Waals surface area contributed by atoms with Crippen LogP contribution in [0, 0.1) is 5.92 Å². The molecule has 0 aliphatic heterocycles. The maximum Gasteiger partial charge on any atom is 0.141 e. The Labute approximate surface area is 117 Å². The first-order valence-electron chi connectivity index (χ1n) is 6.91. The minimum atomic E-state index is 0.170. The van der Waals surface area contributed by atoms with E-state index in [1.807, 2.05) is 0 Å². The molecule has 0 bridgehead atoms. The Morgan fingerprint density at radius 3 is 2.95 bits per heavy atom. The van der Waals surface area contributed by atoms with Gasteiger partial charge >= 0.3 is 0 Å². The predicted octanol–water partition coefficient (Wildman–Crippen LogP) is 2.46. The van der Waals surface area contributed by atoms with Crippen molar-refractivity contribution < 1.29 is 5.11 Å². The Balaban J connectivity index is 2.00. The van der Waals surface area contributed by atoms with Crippen LogP contribution in [0.25, 0.3) is 10.2 Å². The Morgan fingerprint density at radius 2 is 2.26 bits per heavy atom. The fourth-order valence-electron chi connectivity index (χ4n) is 2.30. The van der Waals surface area contributed by atoms with Crippen molar-refractivity contribution >= 4 is 27.4 Å². The van der Waals surface area contributed by atoms with Crippen LogP contribution in [0.15, 0.2) is 11.4 Å². The number of anilines is 1. The van der Waals surface area contributed by atoms with Gasteiger partial charge in [0, 0.05) is 19.5 Å². The fourth-order valence-corrected chi connectivity index (χ4v) is 3.08. The molecule has 2 aromatic heterocycles. The summed E-state index contributed by atoms with van der Waals surface area (Å²) in [6, 6.07) is 2.09. The number of nitrogens with zero attached hydrogens (tertiary/aromatic N) is 3. The SMILES string of the molecule is CCc1nc(N(CCO)CC2CC2)c2ccsc2n1. The molecule has 5 heteroatoms. The largest absolute Gasteiger partial charge is 0.395 e. The normalized spacial score (nSPS) is 15.1. The first-order chi connectivity index (χ1) is 9.31.